The maximum Gasteiger partial charge on any atom is 0.328 e. The predicted octanol–water partition coefficient (Wildman–Crippen LogP) is 4.36. The fourth-order valence-corrected chi connectivity index (χ4v) is 7.77. The number of hydrogen-bond donors (Lipinski definition) is 4. The Morgan fingerprint density at radius 1 is 1.21 bits per heavy atom. The highest BCUT2D eigenvalue weighted by molar-refractivity contribution is 6.35. The molecule has 5 rings (SSSR count). The number of likely N-dealkylation sites (N-methyl/N-ethyl adjacent to an activating group) is 1. The summed E-state index contributed by atoms with van der Waals surface area (Å²) in [5.74, 6) is -3.22. The van der Waals surface area contributed by atoms with Gasteiger partial charge in [-0.1, -0.05) is 53.9 Å². The number of rotatable bonds is 6. The first-order chi connectivity index (χ1) is 26.2. The lowest BCUT2D eigenvalue weighted by Crippen LogP contribution is -2.65. The molecule has 2 aromatic carbocycles. The number of nitrogens with two attached hydrogens (primary N) is 1. The normalized spacial score (nSPS) is 31.7. The summed E-state index contributed by atoms with van der Waals surface area (Å²) in [5.41, 5.74) is 4.10. The number of nitrogens with one attached hydrogen (secondary N) is 1. The molecule has 306 valence electrons. The highest BCUT2D eigenvalue weighted by Gasteiger charge is 2.64. The number of amides is 2. The Kier molecular flexibility index (Phi) is 13.1. The van der Waals surface area contributed by atoms with Crippen molar-refractivity contribution in [3.05, 3.63) is 75.1 Å². The van der Waals surface area contributed by atoms with Crippen LogP contribution < -0.4 is 20.7 Å². The van der Waals surface area contributed by atoms with Crippen LogP contribution in [0.2, 0.25) is 10.0 Å². The second-order valence-corrected chi connectivity index (χ2v) is 15.6. The number of nitrogens with zero attached hydrogens (tertiary/aromatic N) is 2. The first-order valence-electron chi connectivity index (χ1n) is 18.0. The second-order valence-electron chi connectivity index (χ2n) is 14.8. The van der Waals surface area contributed by atoms with E-state index in [1.54, 1.807) is 38.1 Å². The Bertz CT molecular complexity index is 1920. The first kappa shape index (κ1) is 43.3. The smallest absolute Gasteiger partial charge is 0.328 e. The number of carbonyl (C=O) groups is 3. The van der Waals surface area contributed by atoms with Gasteiger partial charge in [0.05, 0.1) is 47.7 Å². The highest BCUT2D eigenvalue weighted by atomic mass is 35.5. The van der Waals surface area contributed by atoms with Gasteiger partial charge in [0.1, 0.15) is 40.4 Å². The highest BCUT2D eigenvalue weighted by Crippen LogP contribution is 2.49. The molecule has 0 spiro atoms. The van der Waals surface area contributed by atoms with Crippen LogP contribution in [0.4, 0.5) is 15.8 Å². The topological polar surface area (TPSA) is 186 Å². The second kappa shape index (κ2) is 17.0. The number of aliphatic hydroxyl groups is 2. The molecular weight excluding hydrogens is 774 g/mol. The van der Waals surface area contributed by atoms with Crippen LogP contribution in [0.5, 0.6) is 5.75 Å². The predicted molar refractivity (Wildman–Crippen MR) is 207 cm³/mol. The van der Waals surface area contributed by atoms with E-state index in [0.29, 0.717) is 17.9 Å². The molecule has 0 radical (unpaired) electrons. The number of epoxide rings is 1. The molecule has 14 nitrogen and oxygen atoms in total. The quantitative estimate of drug-likeness (QED) is 0.184. The van der Waals surface area contributed by atoms with Gasteiger partial charge in [-0.05, 0) is 57.0 Å². The molecule has 2 fully saturated rings. The molecule has 0 saturated carbocycles. The third kappa shape index (κ3) is 8.85. The number of ether oxygens (including phenoxy) is 5. The first-order valence-corrected chi connectivity index (χ1v) is 18.7. The van der Waals surface area contributed by atoms with Crippen LogP contribution in [0.1, 0.15) is 56.5 Å². The number of esters is 1. The Hall–Kier alpha value is -3.80. The summed E-state index contributed by atoms with van der Waals surface area (Å²) < 4.78 is 43.7. The zero-order chi connectivity index (χ0) is 41.4. The van der Waals surface area contributed by atoms with Crippen LogP contribution in [-0.4, -0.2) is 109 Å². The van der Waals surface area contributed by atoms with E-state index >= 15 is 0 Å². The number of carbonyl (C=O) groups excluding carboxylic acids is 3. The third-order valence-corrected chi connectivity index (χ3v) is 11.6. The van der Waals surface area contributed by atoms with Crippen LogP contribution in [0.25, 0.3) is 0 Å². The van der Waals surface area contributed by atoms with Gasteiger partial charge in [0, 0.05) is 33.5 Å². The number of anilines is 2. The number of nitrogen functional groups attached to an aromatic ring is 1. The molecule has 3 heterocycles. The summed E-state index contributed by atoms with van der Waals surface area (Å²) in [6, 6.07) is 4.28. The summed E-state index contributed by atoms with van der Waals surface area (Å²) in [6.45, 7) is 6.79. The van der Waals surface area contributed by atoms with Crippen molar-refractivity contribution in [2.45, 2.75) is 95.2 Å². The van der Waals surface area contributed by atoms with Gasteiger partial charge >= 0.3 is 5.97 Å². The molecule has 2 aromatic rings. The van der Waals surface area contributed by atoms with E-state index in [1.165, 1.54) is 40.1 Å². The van der Waals surface area contributed by atoms with E-state index in [4.69, 9.17) is 52.6 Å². The summed E-state index contributed by atoms with van der Waals surface area (Å²) in [7, 11) is 5.76. The molecular formula is C39H49Cl2FN4O10. The van der Waals surface area contributed by atoms with Gasteiger partial charge < -0.3 is 49.4 Å². The zero-order valence-corrected chi connectivity index (χ0v) is 34.0. The van der Waals surface area contributed by atoms with Crippen molar-refractivity contribution < 1.29 is 52.7 Å². The molecule has 1 unspecified atom stereocenters. The minimum atomic E-state index is -1.77. The summed E-state index contributed by atoms with van der Waals surface area (Å²) >= 11 is 13.0. The van der Waals surface area contributed by atoms with Gasteiger partial charge in [0.25, 0.3) is 5.91 Å². The van der Waals surface area contributed by atoms with E-state index in [1.807, 2.05) is 13.0 Å². The molecule has 9 atom stereocenters. The van der Waals surface area contributed by atoms with Crippen molar-refractivity contribution in [1.82, 2.24) is 10.2 Å². The van der Waals surface area contributed by atoms with E-state index < -0.39 is 84.1 Å². The minimum absolute atomic E-state index is 0.0405. The average Bonchev–Trinajstić information content (AvgIpc) is 3.84. The van der Waals surface area contributed by atoms with Crippen LogP contribution in [0.3, 0.4) is 0 Å². The fourth-order valence-electron chi connectivity index (χ4n) is 7.21. The Morgan fingerprint density at radius 2 is 1.91 bits per heavy atom. The SMILES string of the molecule is COc1cc2cc(c1Cl)N(C)C(=O)C[C@H](OC(=O)[C@H](C)N(C)C(=O)c1cc(F)c(N)cc1Cl)[C@]1(C)O[C@H]1[C@H](C)[C@@H]1C[C@@](O)(NC(O)O1)[C@H](OC)/C=C/C=C(\C)C2. The van der Waals surface area contributed by atoms with Gasteiger partial charge in [0.2, 0.25) is 12.3 Å². The summed E-state index contributed by atoms with van der Waals surface area (Å²) in [5, 5.41) is 25.3. The van der Waals surface area contributed by atoms with Crippen molar-refractivity contribution in [2.75, 3.05) is 38.9 Å². The largest absolute Gasteiger partial charge is 0.495 e. The molecule has 2 saturated heterocycles. The number of benzene rings is 2. The molecule has 56 heavy (non-hydrogen) atoms. The van der Waals surface area contributed by atoms with Gasteiger partial charge in [-0.15, -0.1) is 0 Å². The van der Waals surface area contributed by atoms with Crippen molar-refractivity contribution in [3.63, 3.8) is 0 Å². The molecule has 4 bridgehead atoms. The van der Waals surface area contributed by atoms with E-state index in [-0.39, 0.29) is 27.7 Å². The number of aliphatic hydroxyl groups excluding tert-OH is 1. The van der Waals surface area contributed by atoms with Crippen molar-refractivity contribution >= 4 is 52.4 Å². The van der Waals surface area contributed by atoms with Crippen LogP contribution >= 0.6 is 23.2 Å². The molecule has 0 aromatic heterocycles. The lowest BCUT2D eigenvalue weighted by molar-refractivity contribution is -0.270. The van der Waals surface area contributed by atoms with E-state index in [2.05, 4.69) is 5.32 Å². The van der Waals surface area contributed by atoms with Crippen molar-refractivity contribution in [1.29, 1.82) is 0 Å². The Labute approximate surface area is 335 Å². The van der Waals surface area contributed by atoms with Gasteiger partial charge in [-0.2, -0.15) is 0 Å². The van der Waals surface area contributed by atoms with Crippen molar-refractivity contribution in [2.24, 2.45) is 5.92 Å². The van der Waals surface area contributed by atoms with E-state index in [0.717, 1.165) is 28.2 Å². The van der Waals surface area contributed by atoms with Gasteiger partial charge in [-0.3, -0.25) is 9.59 Å². The lowest BCUT2D eigenvalue weighted by Gasteiger charge is -2.44. The molecule has 3 aliphatic heterocycles. The summed E-state index contributed by atoms with van der Waals surface area (Å²) in [6.07, 6.45) is 0.0270. The summed E-state index contributed by atoms with van der Waals surface area (Å²) in [4.78, 5) is 43.9. The standard InChI is InChI=1S/C39H49Cl2FN4O10/c1-19-10-9-11-30(53-8)39(51)18-29(54-37(50)44-39)20(2)34-38(4,56-34)31(17-32(47)46(6)27-13-22(12-19)14-28(52-7)33(27)41)55-36(49)21(3)45(5)35(48)23-15-25(42)26(43)16-24(23)40/h9-11,13-16,20-21,29-31,34,37,44,50-51H,12,17-18,43H2,1-8H3/b11-9+,19-10+/t20-,21+,29+,30-,31+,34+,37?,38+,39+/m1/s1. The Morgan fingerprint density at radius 3 is 2.57 bits per heavy atom. The van der Waals surface area contributed by atoms with Gasteiger partial charge in [-0.25, -0.2) is 14.5 Å². The number of allylic oxidation sites excluding steroid dienone is 3. The van der Waals surface area contributed by atoms with E-state index in [9.17, 15) is 29.0 Å². The zero-order valence-electron chi connectivity index (χ0n) is 32.5. The number of halogens is 3. The van der Waals surface area contributed by atoms with Crippen molar-refractivity contribution in [3.8, 4) is 5.75 Å². The number of fused-ring (bicyclic) bond motifs is 5. The molecule has 3 aliphatic rings. The maximum absolute atomic E-state index is 14.3. The fraction of sp³-hybridized carbons (Fsp3) is 0.513. The minimum Gasteiger partial charge on any atom is -0.495 e. The third-order valence-electron chi connectivity index (χ3n) is 10.9. The number of methoxy groups -OCH3 is 2. The lowest BCUT2D eigenvalue weighted by atomic mass is 9.83. The van der Waals surface area contributed by atoms with Crippen LogP contribution in [0, 0.1) is 11.7 Å². The maximum atomic E-state index is 14.3. The average molecular weight is 824 g/mol. The number of hydrogen-bond acceptors (Lipinski definition) is 12. The Balaban J connectivity index is 1.52. The molecule has 0 aliphatic carbocycles. The van der Waals surface area contributed by atoms with Crippen LogP contribution in [-0.2, 0) is 35.0 Å². The van der Waals surface area contributed by atoms with Crippen LogP contribution in [0.15, 0.2) is 48.1 Å². The molecule has 17 heteroatoms. The monoisotopic (exact) mass is 822 g/mol. The molecule has 5 N–H and O–H groups in total. The van der Waals surface area contributed by atoms with Gasteiger partial charge in [0.15, 0.2) is 5.72 Å². The molecule has 2 amide bonds.